The van der Waals surface area contributed by atoms with Crippen LogP contribution < -0.4 is 0 Å². The molecule has 0 aliphatic rings. The Kier molecular flexibility index (Phi) is 6.69. The van der Waals surface area contributed by atoms with Crippen LogP contribution in [0.1, 0.15) is 19.3 Å². The maximum atomic E-state index is 11.3. The third-order valence-electron chi connectivity index (χ3n) is 0.838. The number of alkyl halides is 1. The summed E-state index contributed by atoms with van der Waals surface area (Å²) in [4.78, 5) is 0. The molecular weight excluding hydrogens is 110 g/mol. The van der Waals surface area contributed by atoms with E-state index in [1.807, 2.05) is 0 Å². The molecule has 0 aliphatic heterocycles. The van der Waals surface area contributed by atoms with E-state index < -0.39 is 0 Å². The van der Waals surface area contributed by atoms with Crippen LogP contribution >= 0.6 is 9.24 Å². The standard InChI is InChI=1S/C5H12FP/c6-4-2-1-3-5-7/h1-5,7H2. The zero-order valence-electron chi connectivity index (χ0n) is 4.49. The highest BCUT2D eigenvalue weighted by Crippen LogP contribution is 1.97. The van der Waals surface area contributed by atoms with E-state index in [2.05, 4.69) is 9.24 Å². The number of rotatable bonds is 4. The lowest BCUT2D eigenvalue weighted by molar-refractivity contribution is 0.460. The Labute approximate surface area is 46.7 Å². The Morgan fingerprint density at radius 2 is 1.86 bits per heavy atom. The second-order valence-corrected chi connectivity index (χ2v) is 2.12. The van der Waals surface area contributed by atoms with Crippen LogP contribution in [0.4, 0.5) is 4.39 Å². The largest absolute Gasteiger partial charge is 0.251 e. The van der Waals surface area contributed by atoms with Crippen molar-refractivity contribution >= 4 is 9.24 Å². The lowest BCUT2D eigenvalue weighted by Gasteiger charge is -1.89. The topological polar surface area (TPSA) is 0 Å². The van der Waals surface area contributed by atoms with E-state index in [-0.39, 0.29) is 6.67 Å². The highest BCUT2D eigenvalue weighted by atomic mass is 31.0. The van der Waals surface area contributed by atoms with Crippen molar-refractivity contribution < 1.29 is 4.39 Å². The van der Waals surface area contributed by atoms with Crippen molar-refractivity contribution in [3.05, 3.63) is 0 Å². The fraction of sp³-hybridized carbons (Fsp3) is 1.00. The number of hydrogen-bond acceptors (Lipinski definition) is 0. The van der Waals surface area contributed by atoms with E-state index in [1.54, 1.807) is 0 Å². The summed E-state index contributed by atoms with van der Waals surface area (Å²) in [5.74, 6) is 0. The molecule has 0 spiro atoms. The minimum atomic E-state index is -0.148. The highest BCUT2D eigenvalue weighted by Gasteiger charge is 1.82. The van der Waals surface area contributed by atoms with Crippen molar-refractivity contribution in [1.29, 1.82) is 0 Å². The Hall–Kier alpha value is 0.360. The second-order valence-electron chi connectivity index (χ2n) is 1.54. The van der Waals surface area contributed by atoms with Gasteiger partial charge in [-0.1, -0.05) is 6.42 Å². The molecule has 0 saturated carbocycles. The third-order valence-corrected chi connectivity index (χ3v) is 1.25. The van der Waals surface area contributed by atoms with Gasteiger partial charge in [0.05, 0.1) is 6.67 Å². The van der Waals surface area contributed by atoms with Gasteiger partial charge in [0.25, 0.3) is 0 Å². The van der Waals surface area contributed by atoms with Crippen molar-refractivity contribution in [2.24, 2.45) is 0 Å². The monoisotopic (exact) mass is 122 g/mol. The number of halogens is 1. The van der Waals surface area contributed by atoms with E-state index in [0.717, 1.165) is 25.4 Å². The van der Waals surface area contributed by atoms with Crippen molar-refractivity contribution in [1.82, 2.24) is 0 Å². The summed E-state index contributed by atoms with van der Waals surface area (Å²) in [5.41, 5.74) is 0. The Balaban J connectivity index is 2.45. The quantitative estimate of drug-likeness (QED) is 0.395. The van der Waals surface area contributed by atoms with Crippen LogP contribution in [0, 0.1) is 0 Å². The van der Waals surface area contributed by atoms with Crippen molar-refractivity contribution in [2.75, 3.05) is 12.8 Å². The highest BCUT2D eigenvalue weighted by molar-refractivity contribution is 7.16. The average molecular weight is 122 g/mol. The van der Waals surface area contributed by atoms with Gasteiger partial charge in [-0.05, 0) is 19.0 Å². The summed E-state index contributed by atoms with van der Waals surface area (Å²) >= 11 is 0. The van der Waals surface area contributed by atoms with Crippen LogP contribution in [0.15, 0.2) is 0 Å². The van der Waals surface area contributed by atoms with Crippen molar-refractivity contribution in [3.8, 4) is 0 Å². The Morgan fingerprint density at radius 3 is 2.29 bits per heavy atom. The van der Waals surface area contributed by atoms with Crippen molar-refractivity contribution in [2.45, 2.75) is 19.3 Å². The molecule has 0 nitrogen and oxygen atoms in total. The average Bonchev–Trinajstić information content (AvgIpc) is 1.69. The third kappa shape index (κ3) is 6.36. The van der Waals surface area contributed by atoms with Gasteiger partial charge in [-0.15, -0.1) is 9.24 Å². The summed E-state index contributed by atoms with van der Waals surface area (Å²) in [5, 5.41) is 0. The fourth-order valence-corrected chi connectivity index (χ4v) is 0.704. The number of hydrogen-bond donors (Lipinski definition) is 0. The lowest BCUT2D eigenvalue weighted by atomic mass is 10.3. The minimum Gasteiger partial charge on any atom is -0.251 e. The SMILES string of the molecule is FCCCCCP. The molecule has 0 rings (SSSR count). The van der Waals surface area contributed by atoms with Gasteiger partial charge in [0, 0.05) is 0 Å². The molecule has 0 heterocycles. The summed E-state index contributed by atoms with van der Waals surface area (Å²) in [6.07, 6.45) is 4.04. The van der Waals surface area contributed by atoms with E-state index in [1.165, 1.54) is 0 Å². The molecule has 44 valence electrons. The molecule has 0 aromatic carbocycles. The summed E-state index contributed by atoms with van der Waals surface area (Å²) < 4.78 is 11.3. The maximum Gasteiger partial charge on any atom is 0.0894 e. The van der Waals surface area contributed by atoms with Crippen molar-refractivity contribution in [3.63, 3.8) is 0 Å². The lowest BCUT2D eigenvalue weighted by Crippen LogP contribution is -1.77. The summed E-state index contributed by atoms with van der Waals surface area (Å²) in [7, 11) is 2.63. The molecule has 0 fully saturated rings. The molecule has 0 amide bonds. The van der Waals surface area contributed by atoms with E-state index >= 15 is 0 Å². The Bertz CT molecular complexity index is 27.3. The molecular formula is C5H12FP. The van der Waals surface area contributed by atoms with E-state index in [0.29, 0.717) is 0 Å². The zero-order valence-corrected chi connectivity index (χ0v) is 5.65. The van der Waals surface area contributed by atoms with Crippen LogP contribution in [0.5, 0.6) is 0 Å². The molecule has 0 aromatic heterocycles. The smallest absolute Gasteiger partial charge is 0.0894 e. The van der Waals surface area contributed by atoms with Crippen LogP contribution in [0.3, 0.4) is 0 Å². The van der Waals surface area contributed by atoms with Crippen LogP contribution in [-0.4, -0.2) is 12.8 Å². The van der Waals surface area contributed by atoms with Gasteiger partial charge >= 0.3 is 0 Å². The molecule has 0 aromatic rings. The molecule has 7 heavy (non-hydrogen) atoms. The van der Waals surface area contributed by atoms with E-state index in [4.69, 9.17) is 0 Å². The minimum absolute atomic E-state index is 0.148. The van der Waals surface area contributed by atoms with Gasteiger partial charge in [-0.3, -0.25) is 4.39 Å². The first-order valence-electron chi connectivity index (χ1n) is 2.68. The first-order valence-corrected chi connectivity index (χ1v) is 3.49. The summed E-state index contributed by atoms with van der Waals surface area (Å²) in [6, 6.07) is 0. The molecule has 0 saturated heterocycles. The van der Waals surface area contributed by atoms with Gasteiger partial charge in [0.2, 0.25) is 0 Å². The molecule has 0 aliphatic carbocycles. The predicted octanol–water partition coefficient (Wildman–Crippen LogP) is 2.00. The van der Waals surface area contributed by atoms with Gasteiger partial charge < -0.3 is 0 Å². The fourth-order valence-electron chi connectivity index (χ4n) is 0.416. The molecule has 2 heteroatoms. The normalized spacial score (nSPS) is 9.43. The van der Waals surface area contributed by atoms with Gasteiger partial charge in [-0.25, -0.2) is 0 Å². The first kappa shape index (κ1) is 7.36. The van der Waals surface area contributed by atoms with Gasteiger partial charge in [0.1, 0.15) is 0 Å². The van der Waals surface area contributed by atoms with Crippen LogP contribution in [0.25, 0.3) is 0 Å². The van der Waals surface area contributed by atoms with Gasteiger partial charge in [0.15, 0.2) is 0 Å². The first-order chi connectivity index (χ1) is 3.41. The molecule has 0 N–H and O–H groups in total. The molecule has 0 radical (unpaired) electrons. The molecule has 0 bridgehead atoms. The molecule has 1 unspecified atom stereocenters. The van der Waals surface area contributed by atoms with Crippen LogP contribution in [0.2, 0.25) is 0 Å². The van der Waals surface area contributed by atoms with Gasteiger partial charge in [-0.2, -0.15) is 0 Å². The second kappa shape index (κ2) is 6.36. The maximum absolute atomic E-state index is 11.3. The van der Waals surface area contributed by atoms with Crippen LogP contribution in [-0.2, 0) is 0 Å². The van der Waals surface area contributed by atoms with E-state index in [9.17, 15) is 4.39 Å². The Morgan fingerprint density at radius 1 is 1.14 bits per heavy atom. The predicted molar refractivity (Wildman–Crippen MR) is 34.4 cm³/mol. The number of unbranched alkanes of at least 4 members (excludes halogenated alkanes) is 2. The summed E-state index contributed by atoms with van der Waals surface area (Å²) in [6.45, 7) is -0.148. The molecule has 1 atom stereocenters. The zero-order chi connectivity index (χ0) is 5.54.